The summed E-state index contributed by atoms with van der Waals surface area (Å²) in [6.07, 6.45) is -1.40. The smallest absolute Gasteiger partial charge is 0.407 e. The largest absolute Gasteiger partial charge is 0.481 e. The highest BCUT2D eigenvalue weighted by Crippen LogP contribution is 2.44. The van der Waals surface area contributed by atoms with E-state index >= 15 is 0 Å². The zero-order valence-electron chi connectivity index (χ0n) is 19.7. The number of amides is 2. The molecule has 0 heterocycles. The lowest BCUT2D eigenvalue weighted by atomic mass is 9.98. The first kappa shape index (κ1) is 24.0. The molecule has 7 heteroatoms. The molecule has 7 nitrogen and oxygen atoms in total. The number of aliphatic carboxylic acids is 1. The Morgan fingerprint density at radius 3 is 2.14 bits per heavy atom. The normalized spacial score (nSPS) is 13.8. The van der Waals surface area contributed by atoms with Gasteiger partial charge >= 0.3 is 12.1 Å². The molecule has 0 fully saturated rings. The van der Waals surface area contributed by atoms with E-state index in [2.05, 4.69) is 10.6 Å². The second-order valence-corrected chi connectivity index (χ2v) is 8.76. The Morgan fingerprint density at radius 2 is 1.54 bits per heavy atom. The highest BCUT2D eigenvalue weighted by molar-refractivity contribution is 5.89. The van der Waals surface area contributed by atoms with Gasteiger partial charge in [0.1, 0.15) is 12.6 Å². The highest BCUT2D eigenvalue weighted by Gasteiger charge is 2.30. The number of hydrogen-bond donors (Lipinski definition) is 3. The van der Waals surface area contributed by atoms with Crippen molar-refractivity contribution >= 4 is 18.0 Å². The zero-order chi connectivity index (χ0) is 24.9. The summed E-state index contributed by atoms with van der Waals surface area (Å²) in [4.78, 5) is 36.8. The lowest BCUT2D eigenvalue weighted by Crippen LogP contribution is -2.48. The molecule has 4 rings (SSSR count). The Bertz CT molecular complexity index is 1210. The predicted octanol–water partition coefficient (Wildman–Crippen LogP) is 4.55. The Balaban J connectivity index is 1.41. The molecule has 1 unspecified atom stereocenters. The fourth-order valence-corrected chi connectivity index (χ4v) is 4.50. The molecule has 2 atom stereocenters. The van der Waals surface area contributed by atoms with Gasteiger partial charge in [-0.3, -0.25) is 9.59 Å². The third kappa shape index (κ3) is 5.51. The van der Waals surface area contributed by atoms with Gasteiger partial charge in [-0.05, 0) is 41.7 Å². The maximum atomic E-state index is 12.8. The number of carboxylic acid groups (broad SMARTS) is 1. The summed E-state index contributed by atoms with van der Waals surface area (Å²) < 4.78 is 5.48. The minimum atomic E-state index is -1.27. The number of aryl methyl sites for hydroxylation is 1. The Kier molecular flexibility index (Phi) is 7.15. The number of benzene rings is 3. The van der Waals surface area contributed by atoms with E-state index in [-0.39, 0.29) is 18.6 Å². The van der Waals surface area contributed by atoms with Crippen molar-refractivity contribution < 1.29 is 24.2 Å². The maximum absolute atomic E-state index is 12.8. The molecule has 3 aromatic rings. The van der Waals surface area contributed by atoms with E-state index < -0.39 is 30.4 Å². The summed E-state index contributed by atoms with van der Waals surface area (Å²) in [7, 11) is 0. The van der Waals surface area contributed by atoms with Crippen LogP contribution in [-0.2, 0) is 14.3 Å². The minimum Gasteiger partial charge on any atom is -0.481 e. The van der Waals surface area contributed by atoms with Gasteiger partial charge in [0.05, 0.1) is 12.5 Å². The van der Waals surface area contributed by atoms with Crippen LogP contribution in [0, 0.1) is 6.92 Å². The van der Waals surface area contributed by atoms with E-state index in [1.165, 1.54) is 0 Å². The summed E-state index contributed by atoms with van der Waals surface area (Å²) in [5.41, 5.74) is 6.26. The van der Waals surface area contributed by atoms with E-state index in [1.54, 1.807) is 6.92 Å². The highest BCUT2D eigenvalue weighted by atomic mass is 16.5. The van der Waals surface area contributed by atoms with Crippen molar-refractivity contribution in [1.82, 2.24) is 10.6 Å². The molecule has 3 N–H and O–H groups in total. The topological polar surface area (TPSA) is 105 Å². The number of rotatable bonds is 8. The molecule has 1 aliphatic rings. The number of ether oxygens (including phenoxy) is 1. The summed E-state index contributed by atoms with van der Waals surface area (Å²) in [5, 5.41) is 14.5. The minimum absolute atomic E-state index is 0.0704. The Morgan fingerprint density at radius 1 is 0.914 bits per heavy atom. The lowest BCUT2D eigenvalue weighted by Gasteiger charge is -2.21. The first-order valence-corrected chi connectivity index (χ1v) is 11.5. The molecule has 180 valence electrons. The average molecular weight is 473 g/mol. The second-order valence-electron chi connectivity index (χ2n) is 8.76. The lowest BCUT2D eigenvalue weighted by molar-refractivity contribution is -0.140. The third-order valence-electron chi connectivity index (χ3n) is 6.23. The van der Waals surface area contributed by atoms with E-state index in [1.807, 2.05) is 79.7 Å². The summed E-state index contributed by atoms with van der Waals surface area (Å²) in [6, 6.07) is 22.0. The van der Waals surface area contributed by atoms with Crippen LogP contribution in [0.15, 0.2) is 72.8 Å². The number of nitrogens with one attached hydrogen (secondary N) is 2. The number of alkyl carbamates (subject to hydrolysis) is 1. The van der Waals surface area contributed by atoms with Gasteiger partial charge in [0.25, 0.3) is 0 Å². The van der Waals surface area contributed by atoms with Crippen LogP contribution in [0.3, 0.4) is 0 Å². The standard InChI is InChI=1S/C28H28N2O5/c1-17-8-7-9-19(14-17)18(2)29-27(33)25(15-26(31)32)30-28(34)35-16-24-22-12-5-3-10-20(22)21-11-4-6-13-23(21)24/h3-14,18,24-25H,15-16H2,1-2H3,(H,29,33)(H,30,34)(H,31,32)/t18-,25?/m1/s1. The number of fused-ring (bicyclic) bond motifs is 3. The van der Waals surface area contributed by atoms with Crippen LogP contribution < -0.4 is 10.6 Å². The molecule has 0 spiro atoms. The van der Waals surface area contributed by atoms with Crippen molar-refractivity contribution in [1.29, 1.82) is 0 Å². The SMILES string of the molecule is Cc1cccc([C@@H](C)NC(=O)C(CC(=O)O)NC(=O)OCC2c3ccccc3-c3ccccc32)c1. The Labute approximate surface area is 204 Å². The molecule has 35 heavy (non-hydrogen) atoms. The Hall–Kier alpha value is -4.13. The average Bonchev–Trinajstić information content (AvgIpc) is 3.15. The number of carbonyl (C=O) groups excluding carboxylic acids is 2. The van der Waals surface area contributed by atoms with Crippen molar-refractivity contribution in [2.75, 3.05) is 6.61 Å². The van der Waals surface area contributed by atoms with Gasteiger partial charge in [-0.2, -0.15) is 0 Å². The molecule has 0 aromatic heterocycles. The van der Waals surface area contributed by atoms with Crippen LogP contribution in [0.1, 0.15) is 47.6 Å². The van der Waals surface area contributed by atoms with Crippen molar-refractivity contribution in [3.8, 4) is 11.1 Å². The maximum Gasteiger partial charge on any atom is 0.407 e. The van der Waals surface area contributed by atoms with Gasteiger partial charge in [0.2, 0.25) is 5.91 Å². The zero-order valence-corrected chi connectivity index (χ0v) is 19.7. The monoisotopic (exact) mass is 472 g/mol. The number of hydrogen-bond acceptors (Lipinski definition) is 4. The summed E-state index contributed by atoms with van der Waals surface area (Å²) >= 11 is 0. The first-order chi connectivity index (χ1) is 16.8. The number of carbonyl (C=O) groups is 3. The fraction of sp³-hybridized carbons (Fsp3) is 0.250. The van der Waals surface area contributed by atoms with Gasteiger partial charge in [-0.15, -0.1) is 0 Å². The van der Waals surface area contributed by atoms with E-state index in [4.69, 9.17) is 4.74 Å². The molecule has 0 saturated carbocycles. The molecule has 0 saturated heterocycles. The molecule has 0 radical (unpaired) electrons. The fourth-order valence-electron chi connectivity index (χ4n) is 4.50. The van der Waals surface area contributed by atoms with Crippen LogP contribution >= 0.6 is 0 Å². The van der Waals surface area contributed by atoms with E-state index in [0.29, 0.717) is 0 Å². The van der Waals surface area contributed by atoms with Crippen LogP contribution in [-0.4, -0.2) is 35.7 Å². The van der Waals surface area contributed by atoms with Crippen molar-refractivity contribution in [3.63, 3.8) is 0 Å². The van der Waals surface area contributed by atoms with Crippen LogP contribution in [0.2, 0.25) is 0 Å². The molecule has 0 bridgehead atoms. The van der Waals surface area contributed by atoms with Gasteiger partial charge in [-0.1, -0.05) is 78.4 Å². The third-order valence-corrected chi connectivity index (χ3v) is 6.23. The van der Waals surface area contributed by atoms with Crippen LogP contribution in [0.5, 0.6) is 0 Å². The van der Waals surface area contributed by atoms with Crippen molar-refractivity contribution in [3.05, 3.63) is 95.1 Å². The van der Waals surface area contributed by atoms with Gasteiger partial charge in [0.15, 0.2) is 0 Å². The van der Waals surface area contributed by atoms with E-state index in [0.717, 1.165) is 33.4 Å². The van der Waals surface area contributed by atoms with Gasteiger partial charge < -0.3 is 20.5 Å². The van der Waals surface area contributed by atoms with Crippen LogP contribution in [0.4, 0.5) is 4.79 Å². The second kappa shape index (κ2) is 10.4. The first-order valence-electron chi connectivity index (χ1n) is 11.5. The summed E-state index contributed by atoms with van der Waals surface area (Å²) in [6.45, 7) is 3.82. The van der Waals surface area contributed by atoms with E-state index in [9.17, 15) is 19.5 Å². The molecular weight excluding hydrogens is 444 g/mol. The summed E-state index contributed by atoms with van der Waals surface area (Å²) in [5.74, 6) is -1.93. The molecule has 2 amide bonds. The molecule has 3 aromatic carbocycles. The van der Waals surface area contributed by atoms with Crippen LogP contribution in [0.25, 0.3) is 11.1 Å². The van der Waals surface area contributed by atoms with Gasteiger partial charge in [-0.25, -0.2) is 4.79 Å². The molecule has 1 aliphatic carbocycles. The number of carboxylic acids is 1. The van der Waals surface area contributed by atoms with Crippen molar-refractivity contribution in [2.24, 2.45) is 0 Å². The predicted molar refractivity (Wildman–Crippen MR) is 132 cm³/mol. The van der Waals surface area contributed by atoms with Gasteiger partial charge in [0, 0.05) is 5.92 Å². The quantitative estimate of drug-likeness (QED) is 0.446. The molecule has 0 aliphatic heterocycles. The molecular formula is C28H28N2O5. The van der Waals surface area contributed by atoms with Crippen molar-refractivity contribution in [2.45, 2.75) is 38.3 Å².